The molecular weight excluding hydrogens is 292 g/mol. The van der Waals surface area contributed by atoms with Crippen molar-refractivity contribution in [3.05, 3.63) is 11.1 Å². The SMILES string of the molecule is CCCCCCCCCCC(C(=O)O)=C(CC(C)(C)C)C(=O)O. The number of carbonyl (C=O) groups is 2. The molecule has 2 N–H and O–H groups in total. The molecule has 0 aromatic heterocycles. The smallest absolute Gasteiger partial charge is 0.332 e. The molecule has 0 aliphatic rings. The molecule has 0 radical (unpaired) electrons. The lowest BCUT2D eigenvalue weighted by Gasteiger charge is -2.20. The second kappa shape index (κ2) is 11.3. The van der Waals surface area contributed by atoms with Crippen LogP contribution >= 0.6 is 0 Å². The third kappa shape index (κ3) is 10.9. The van der Waals surface area contributed by atoms with Crippen LogP contribution in [0.25, 0.3) is 0 Å². The van der Waals surface area contributed by atoms with Crippen LogP contribution in [0.2, 0.25) is 0 Å². The van der Waals surface area contributed by atoms with Crippen molar-refractivity contribution in [1.29, 1.82) is 0 Å². The fourth-order valence-electron chi connectivity index (χ4n) is 2.66. The Bertz CT molecular complexity index is 402. The van der Waals surface area contributed by atoms with Gasteiger partial charge in [-0.15, -0.1) is 0 Å². The van der Waals surface area contributed by atoms with Gasteiger partial charge in [0.2, 0.25) is 0 Å². The van der Waals surface area contributed by atoms with Crippen molar-refractivity contribution < 1.29 is 19.8 Å². The molecule has 0 spiro atoms. The fourth-order valence-corrected chi connectivity index (χ4v) is 2.66. The summed E-state index contributed by atoms with van der Waals surface area (Å²) in [4.78, 5) is 22.9. The van der Waals surface area contributed by atoms with Gasteiger partial charge in [-0.3, -0.25) is 0 Å². The second-order valence-corrected chi connectivity index (χ2v) is 7.53. The first-order valence-electron chi connectivity index (χ1n) is 8.87. The molecule has 0 unspecified atom stereocenters. The first-order chi connectivity index (χ1) is 10.7. The Morgan fingerprint density at radius 3 is 1.57 bits per heavy atom. The summed E-state index contributed by atoms with van der Waals surface area (Å²) in [5.74, 6) is -2.19. The molecule has 0 aliphatic carbocycles. The highest BCUT2D eigenvalue weighted by molar-refractivity contribution is 5.98. The minimum absolute atomic E-state index is 0.0629. The summed E-state index contributed by atoms with van der Waals surface area (Å²) in [6.07, 6.45) is 9.63. The van der Waals surface area contributed by atoms with Gasteiger partial charge in [-0.2, -0.15) is 0 Å². The third-order valence-electron chi connectivity index (χ3n) is 3.87. The van der Waals surface area contributed by atoms with Gasteiger partial charge in [0.25, 0.3) is 0 Å². The van der Waals surface area contributed by atoms with Gasteiger partial charge in [-0.1, -0.05) is 72.6 Å². The third-order valence-corrected chi connectivity index (χ3v) is 3.87. The molecule has 0 aromatic carbocycles. The van der Waals surface area contributed by atoms with E-state index in [1.54, 1.807) is 0 Å². The molecule has 0 rings (SSSR count). The van der Waals surface area contributed by atoms with E-state index in [0.717, 1.165) is 19.3 Å². The van der Waals surface area contributed by atoms with Crippen molar-refractivity contribution in [2.75, 3.05) is 0 Å². The average molecular weight is 326 g/mol. The Balaban J connectivity index is 4.51. The number of unbranched alkanes of at least 4 members (excludes halogenated alkanes) is 7. The van der Waals surface area contributed by atoms with Gasteiger partial charge in [-0.05, 0) is 24.7 Å². The van der Waals surface area contributed by atoms with Crippen LogP contribution in [-0.4, -0.2) is 22.2 Å². The van der Waals surface area contributed by atoms with E-state index < -0.39 is 11.9 Å². The second-order valence-electron chi connectivity index (χ2n) is 7.53. The molecular formula is C19H34O4. The molecule has 0 heterocycles. The lowest BCUT2D eigenvalue weighted by Crippen LogP contribution is -2.17. The maximum Gasteiger partial charge on any atom is 0.332 e. The van der Waals surface area contributed by atoms with Crippen molar-refractivity contribution >= 4 is 11.9 Å². The molecule has 0 atom stereocenters. The van der Waals surface area contributed by atoms with Crippen LogP contribution < -0.4 is 0 Å². The Morgan fingerprint density at radius 2 is 1.17 bits per heavy atom. The van der Waals surface area contributed by atoms with E-state index in [2.05, 4.69) is 6.92 Å². The van der Waals surface area contributed by atoms with Gasteiger partial charge in [0.05, 0.1) is 0 Å². The van der Waals surface area contributed by atoms with E-state index in [1.807, 2.05) is 20.8 Å². The number of hydrogen-bond donors (Lipinski definition) is 2. The summed E-state index contributed by atoms with van der Waals surface area (Å²) in [7, 11) is 0. The molecule has 0 aliphatic heterocycles. The van der Waals surface area contributed by atoms with E-state index in [-0.39, 0.29) is 23.0 Å². The van der Waals surface area contributed by atoms with Gasteiger partial charge in [-0.25, -0.2) is 9.59 Å². The molecule has 0 bridgehead atoms. The highest BCUT2D eigenvalue weighted by Crippen LogP contribution is 2.28. The maximum absolute atomic E-state index is 11.4. The standard InChI is InChI=1S/C19H34O4/c1-5-6-7-8-9-10-11-12-13-15(17(20)21)16(18(22)23)14-19(2,3)4/h5-14H2,1-4H3,(H,20,21)(H,22,23). The van der Waals surface area contributed by atoms with Crippen molar-refractivity contribution in [1.82, 2.24) is 0 Å². The lowest BCUT2D eigenvalue weighted by molar-refractivity contribution is -0.136. The summed E-state index contributed by atoms with van der Waals surface area (Å²) in [6, 6.07) is 0. The molecule has 4 nitrogen and oxygen atoms in total. The number of carboxylic acid groups (broad SMARTS) is 2. The fraction of sp³-hybridized carbons (Fsp3) is 0.789. The molecule has 0 fully saturated rings. The predicted octanol–water partition coefficient (Wildman–Crippen LogP) is 5.42. The first kappa shape index (κ1) is 21.7. The van der Waals surface area contributed by atoms with E-state index in [9.17, 15) is 19.8 Å². The zero-order valence-corrected chi connectivity index (χ0v) is 15.3. The van der Waals surface area contributed by atoms with Crippen molar-refractivity contribution in [3.63, 3.8) is 0 Å². The lowest BCUT2D eigenvalue weighted by atomic mass is 9.85. The largest absolute Gasteiger partial charge is 0.478 e. The number of carboxylic acids is 2. The first-order valence-corrected chi connectivity index (χ1v) is 8.87. The Kier molecular flexibility index (Phi) is 10.6. The van der Waals surface area contributed by atoms with Crippen LogP contribution in [-0.2, 0) is 9.59 Å². The minimum atomic E-state index is -1.10. The van der Waals surface area contributed by atoms with Gasteiger partial charge in [0.1, 0.15) is 0 Å². The summed E-state index contributed by atoms with van der Waals surface area (Å²) < 4.78 is 0. The van der Waals surface area contributed by atoms with Crippen molar-refractivity contribution in [3.8, 4) is 0 Å². The number of hydrogen-bond acceptors (Lipinski definition) is 2. The van der Waals surface area contributed by atoms with E-state index in [1.165, 1.54) is 32.1 Å². The van der Waals surface area contributed by atoms with Crippen molar-refractivity contribution in [2.24, 2.45) is 5.41 Å². The Hall–Kier alpha value is -1.32. The zero-order valence-electron chi connectivity index (χ0n) is 15.3. The van der Waals surface area contributed by atoms with Gasteiger partial charge in [0, 0.05) is 11.1 Å². The van der Waals surface area contributed by atoms with Crippen LogP contribution in [0.15, 0.2) is 11.1 Å². The summed E-state index contributed by atoms with van der Waals surface area (Å²) in [5.41, 5.74) is -0.0976. The molecule has 0 aromatic rings. The highest BCUT2D eigenvalue weighted by Gasteiger charge is 2.24. The summed E-state index contributed by atoms with van der Waals surface area (Å²) >= 11 is 0. The molecule has 4 heteroatoms. The normalized spacial score (nSPS) is 12.9. The van der Waals surface area contributed by atoms with Crippen LogP contribution in [0.3, 0.4) is 0 Å². The van der Waals surface area contributed by atoms with E-state index >= 15 is 0 Å². The van der Waals surface area contributed by atoms with Gasteiger partial charge < -0.3 is 10.2 Å². The zero-order chi connectivity index (χ0) is 17.9. The van der Waals surface area contributed by atoms with Crippen LogP contribution in [0.1, 0.15) is 91.9 Å². The van der Waals surface area contributed by atoms with E-state index in [0.29, 0.717) is 6.42 Å². The summed E-state index contributed by atoms with van der Waals surface area (Å²) in [6.45, 7) is 7.96. The number of aliphatic carboxylic acids is 2. The maximum atomic E-state index is 11.4. The predicted molar refractivity (Wildman–Crippen MR) is 93.6 cm³/mol. The molecule has 134 valence electrons. The molecule has 0 saturated carbocycles. The van der Waals surface area contributed by atoms with Gasteiger partial charge in [0.15, 0.2) is 0 Å². The molecule has 23 heavy (non-hydrogen) atoms. The van der Waals surface area contributed by atoms with Crippen LogP contribution in [0.5, 0.6) is 0 Å². The Morgan fingerprint density at radius 1 is 0.739 bits per heavy atom. The topological polar surface area (TPSA) is 74.6 Å². The Labute approximate surface area is 141 Å². The summed E-state index contributed by atoms with van der Waals surface area (Å²) in [5, 5.41) is 18.7. The number of rotatable bonds is 12. The average Bonchev–Trinajstić information content (AvgIpc) is 2.42. The van der Waals surface area contributed by atoms with Crippen LogP contribution in [0.4, 0.5) is 0 Å². The van der Waals surface area contributed by atoms with E-state index in [4.69, 9.17) is 0 Å². The van der Waals surface area contributed by atoms with Gasteiger partial charge >= 0.3 is 11.9 Å². The minimum Gasteiger partial charge on any atom is -0.478 e. The molecule has 0 amide bonds. The van der Waals surface area contributed by atoms with Crippen LogP contribution in [0, 0.1) is 5.41 Å². The molecule has 0 saturated heterocycles. The quantitative estimate of drug-likeness (QED) is 0.371. The highest BCUT2D eigenvalue weighted by atomic mass is 16.4. The monoisotopic (exact) mass is 326 g/mol. The van der Waals surface area contributed by atoms with Crippen molar-refractivity contribution in [2.45, 2.75) is 91.9 Å².